The summed E-state index contributed by atoms with van der Waals surface area (Å²) in [5.74, 6) is -1.40. The third-order valence-electron chi connectivity index (χ3n) is 1.28. The fourth-order valence-electron chi connectivity index (χ4n) is 0.689. The number of aliphatic carboxylic acids is 1. The van der Waals surface area contributed by atoms with Crippen LogP contribution in [0.15, 0.2) is 6.33 Å². The van der Waals surface area contributed by atoms with E-state index in [9.17, 15) is 4.79 Å². The van der Waals surface area contributed by atoms with E-state index in [0.29, 0.717) is 0 Å². The van der Waals surface area contributed by atoms with Gasteiger partial charge in [-0.15, -0.1) is 5.10 Å². The van der Waals surface area contributed by atoms with Gasteiger partial charge in [-0.2, -0.15) is 5.26 Å². The summed E-state index contributed by atoms with van der Waals surface area (Å²) in [6, 6.07) is 1.68. The van der Waals surface area contributed by atoms with Crippen molar-refractivity contribution in [2.75, 3.05) is 0 Å². The molecule has 0 bridgehead atoms. The molecule has 0 fully saturated rings. The normalized spacial score (nSPS) is 12.0. The van der Waals surface area contributed by atoms with Gasteiger partial charge in [0.1, 0.15) is 12.4 Å². The van der Waals surface area contributed by atoms with Crippen LogP contribution in [0.2, 0.25) is 0 Å². The van der Waals surface area contributed by atoms with Crippen molar-refractivity contribution >= 4 is 5.97 Å². The van der Waals surface area contributed by atoms with E-state index in [1.165, 1.54) is 6.33 Å². The third kappa shape index (κ3) is 2.25. The molecule has 1 aromatic heterocycles. The van der Waals surface area contributed by atoms with Crippen LogP contribution in [0.5, 0.6) is 0 Å². The van der Waals surface area contributed by atoms with Crippen LogP contribution < -0.4 is 0 Å². The number of aliphatic hydroxyl groups excluding tert-OH is 1. The maximum absolute atomic E-state index is 10.2. The first-order chi connectivity index (χ1) is 6.13. The van der Waals surface area contributed by atoms with Gasteiger partial charge in [0, 0.05) is 0 Å². The number of carboxylic acid groups (broad SMARTS) is 1. The number of hydrogen-bond donors (Lipinski definition) is 2. The first-order valence-corrected chi connectivity index (χ1v) is 3.34. The Morgan fingerprint density at radius 3 is 3.00 bits per heavy atom. The number of carbonyl (C=O) groups is 1. The van der Waals surface area contributed by atoms with Crippen molar-refractivity contribution in [2.24, 2.45) is 0 Å². The van der Waals surface area contributed by atoms with Gasteiger partial charge in [0.25, 0.3) is 5.82 Å². The predicted octanol–water partition coefficient (Wildman–Crippen LogP) is -1.40. The fourth-order valence-corrected chi connectivity index (χ4v) is 0.689. The first kappa shape index (κ1) is 9.15. The van der Waals surface area contributed by atoms with Crippen LogP contribution in [0.3, 0.4) is 0 Å². The lowest BCUT2D eigenvalue weighted by atomic mass is 10.4. The molecule has 1 atom stereocenters. The Morgan fingerprint density at radius 1 is 1.85 bits per heavy atom. The third-order valence-corrected chi connectivity index (χ3v) is 1.28. The Morgan fingerprint density at radius 2 is 2.54 bits per heavy atom. The van der Waals surface area contributed by atoms with Crippen LogP contribution >= 0.6 is 0 Å². The van der Waals surface area contributed by atoms with E-state index in [1.807, 2.05) is 0 Å². The molecule has 68 valence electrons. The van der Waals surface area contributed by atoms with Gasteiger partial charge < -0.3 is 10.2 Å². The average Bonchev–Trinajstić information content (AvgIpc) is 2.52. The number of aliphatic hydroxyl groups is 1. The Balaban J connectivity index is 2.65. The van der Waals surface area contributed by atoms with Gasteiger partial charge in [-0.3, -0.25) is 0 Å². The van der Waals surface area contributed by atoms with Crippen LogP contribution in [0.25, 0.3) is 0 Å². The fraction of sp³-hybridized carbons (Fsp3) is 0.333. The molecule has 1 rings (SSSR count). The van der Waals surface area contributed by atoms with Crippen molar-refractivity contribution in [1.82, 2.24) is 14.8 Å². The Hall–Kier alpha value is -1.94. The van der Waals surface area contributed by atoms with Crippen LogP contribution in [0.1, 0.15) is 5.82 Å². The average molecular weight is 182 g/mol. The largest absolute Gasteiger partial charge is 0.479 e. The quantitative estimate of drug-likeness (QED) is 0.594. The molecule has 7 heteroatoms. The summed E-state index contributed by atoms with van der Waals surface area (Å²) in [5, 5.41) is 29.1. The molecule has 7 nitrogen and oxygen atoms in total. The Kier molecular flexibility index (Phi) is 2.56. The zero-order chi connectivity index (χ0) is 9.84. The second-order valence-electron chi connectivity index (χ2n) is 2.26. The van der Waals surface area contributed by atoms with E-state index in [-0.39, 0.29) is 12.4 Å². The lowest BCUT2D eigenvalue weighted by Gasteiger charge is -2.03. The lowest BCUT2D eigenvalue weighted by molar-refractivity contribution is -0.147. The molecule has 0 spiro atoms. The minimum Gasteiger partial charge on any atom is -0.479 e. The minimum absolute atomic E-state index is 0.0578. The molecule has 0 radical (unpaired) electrons. The van der Waals surface area contributed by atoms with Crippen molar-refractivity contribution in [1.29, 1.82) is 5.26 Å². The highest BCUT2D eigenvalue weighted by Gasteiger charge is 2.14. The maximum Gasteiger partial charge on any atom is 0.334 e. The minimum atomic E-state index is -1.53. The summed E-state index contributed by atoms with van der Waals surface area (Å²) in [7, 11) is 0. The monoisotopic (exact) mass is 182 g/mol. The van der Waals surface area contributed by atoms with E-state index < -0.39 is 12.1 Å². The van der Waals surface area contributed by atoms with Gasteiger partial charge in [-0.05, 0) is 0 Å². The second-order valence-corrected chi connectivity index (χ2v) is 2.26. The molecule has 2 N–H and O–H groups in total. The molecule has 0 aliphatic rings. The molecule has 1 aromatic rings. The van der Waals surface area contributed by atoms with Crippen LogP contribution in [0, 0.1) is 11.3 Å². The van der Waals surface area contributed by atoms with Gasteiger partial charge in [0.15, 0.2) is 6.10 Å². The highest BCUT2D eigenvalue weighted by atomic mass is 16.4. The van der Waals surface area contributed by atoms with Gasteiger partial charge in [-0.1, -0.05) is 0 Å². The second kappa shape index (κ2) is 3.64. The molecule has 0 saturated heterocycles. The Bertz CT molecular complexity index is 353. The van der Waals surface area contributed by atoms with E-state index >= 15 is 0 Å². The summed E-state index contributed by atoms with van der Waals surface area (Å²) in [6.07, 6.45) is -0.349. The summed E-state index contributed by atoms with van der Waals surface area (Å²) >= 11 is 0. The zero-order valence-electron chi connectivity index (χ0n) is 6.45. The molecule has 13 heavy (non-hydrogen) atoms. The van der Waals surface area contributed by atoms with Gasteiger partial charge in [0.05, 0.1) is 6.54 Å². The van der Waals surface area contributed by atoms with Crippen LogP contribution in [-0.2, 0) is 11.3 Å². The van der Waals surface area contributed by atoms with E-state index in [4.69, 9.17) is 15.5 Å². The number of hydrogen-bond acceptors (Lipinski definition) is 5. The molecule has 1 heterocycles. The molecule has 0 unspecified atom stereocenters. The van der Waals surface area contributed by atoms with Crippen LogP contribution in [-0.4, -0.2) is 37.1 Å². The Labute approximate surface area is 72.9 Å². The number of nitrogens with zero attached hydrogens (tertiary/aromatic N) is 4. The summed E-state index contributed by atoms with van der Waals surface area (Å²) in [4.78, 5) is 13.7. The number of nitriles is 1. The first-order valence-electron chi connectivity index (χ1n) is 3.34. The molecule has 0 aliphatic carbocycles. The number of rotatable bonds is 3. The molecule has 0 saturated carbocycles. The van der Waals surface area contributed by atoms with Crippen molar-refractivity contribution in [3.8, 4) is 6.07 Å². The SMILES string of the molecule is N#Cc1ncn(C[C@@H](O)C(=O)O)n1. The lowest BCUT2D eigenvalue weighted by Crippen LogP contribution is -2.25. The molecule has 0 aliphatic heterocycles. The molecular formula is C6H6N4O3. The smallest absolute Gasteiger partial charge is 0.334 e. The van der Waals surface area contributed by atoms with Crippen molar-refractivity contribution < 1.29 is 15.0 Å². The van der Waals surface area contributed by atoms with Gasteiger partial charge in [-0.25, -0.2) is 14.5 Å². The standard InChI is InChI=1S/C6H6N4O3/c7-1-5-8-3-10(9-5)2-4(11)6(12)13/h3-4,11H,2H2,(H,12,13)/t4-/m1/s1. The van der Waals surface area contributed by atoms with E-state index in [2.05, 4.69) is 10.1 Å². The van der Waals surface area contributed by atoms with Gasteiger partial charge >= 0.3 is 5.97 Å². The van der Waals surface area contributed by atoms with E-state index in [1.54, 1.807) is 6.07 Å². The highest BCUT2D eigenvalue weighted by Crippen LogP contribution is 1.91. The van der Waals surface area contributed by atoms with Crippen LogP contribution in [0.4, 0.5) is 0 Å². The molecule has 0 aromatic carbocycles. The maximum atomic E-state index is 10.2. The summed E-state index contributed by atoms with van der Waals surface area (Å²) in [5.41, 5.74) is 0. The zero-order valence-corrected chi connectivity index (χ0v) is 6.45. The number of carboxylic acids is 1. The summed E-state index contributed by atoms with van der Waals surface area (Å²) in [6.45, 7) is -0.218. The highest BCUT2D eigenvalue weighted by molar-refractivity contribution is 5.71. The molecule has 0 amide bonds. The molecular weight excluding hydrogens is 176 g/mol. The van der Waals surface area contributed by atoms with Crippen molar-refractivity contribution in [3.63, 3.8) is 0 Å². The number of aromatic nitrogens is 3. The van der Waals surface area contributed by atoms with Gasteiger partial charge in [0.2, 0.25) is 0 Å². The topological polar surface area (TPSA) is 112 Å². The van der Waals surface area contributed by atoms with Crippen molar-refractivity contribution in [3.05, 3.63) is 12.2 Å². The predicted molar refractivity (Wildman–Crippen MR) is 38.4 cm³/mol. The van der Waals surface area contributed by atoms with Crippen molar-refractivity contribution in [2.45, 2.75) is 12.6 Å². The summed E-state index contributed by atoms with van der Waals surface area (Å²) < 4.78 is 1.09. The van der Waals surface area contributed by atoms with E-state index in [0.717, 1.165) is 4.68 Å².